The fraction of sp³-hybridized carbons (Fsp3) is 0.267. The van der Waals surface area contributed by atoms with Gasteiger partial charge in [0.1, 0.15) is 11.6 Å². The Kier molecular flexibility index (Phi) is 2.67. The zero-order valence-electron chi connectivity index (χ0n) is 10.6. The molecule has 3 rings (SSSR count). The monoisotopic (exact) mass is 240 g/mol. The molecule has 18 heavy (non-hydrogen) atoms. The summed E-state index contributed by atoms with van der Waals surface area (Å²) in [5.41, 5.74) is 1.15. The fourth-order valence-corrected chi connectivity index (χ4v) is 2.37. The van der Waals surface area contributed by atoms with E-state index in [4.69, 9.17) is 4.74 Å². The minimum absolute atomic E-state index is 0.417. The molecule has 1 aliphatic heterocycles. The molecular weight excluding hydrogens is 224 g/mol. The van der Waals surface area contributed by atoms with Crippen LogP contribution >= 0.6 is 0 Å². The molecule has 3 nitrogen and oxygen atoms in total. The van der Waals surface area contributed by atoms with Gasteiger partial charge in [-0.05, 0) is 24.4 Å². The lowest BCUT2D eigenvalue weighted by molar-refractivity contribution is 0.420. The van der Waals surface area contributed by atoms with Gasteiger partial charge in [-0.1, -0.05) is 24.3 Å². The zero-order chi connectivity index (χ0) is 12.5. The van der Waals surface area contributed by atoms with Crippen molar-refractivity contribution in [3.63, 3.8) is 0 Å². The van der Waals surface area contributed by atoms with E-state index in [-0.39, 0.29) is 0 Å². The molecule has 1 unspecified atom stereocenters. The van der Waals surface area contributed by atoms with Crippen molar-refractivity contribution in [2.75, 3.05) is 13.7 Å². The summed E-state index contributed by atoms with van der Waals surface area (Å²) in [6.45, 7) is 2.98. The van der Waals surface area contributed by atoms with Crippen LogP contribution in [0.2, 0.25) is 0 Å². The summed E-state index contributed by atoms with van der Waals surface area (Å²) in [6, 6.07) is 12.8. The van der Waals surface area contributed by atoms with Gasteiger partial charge in [-0.2, -0.15) is 0 Å². The maximum absolute atomic E-state index is 5.41. The second kappa shape index (κ2) is 4.33. The number of nitrogens with zero attached hydrogens (tertiary/aromatic N) is 1. The smallest absolute Gasteiger partial charge is 0.129 e. The van der Waals surface area contributed by atoms with Gasteiger partial charge < -0.3 is 10.1 Å². The number of amidine groups is 1. The van der Waals surface area contributed by atoms with Crippen LogP contribution in [-0.2, 0) is 0 Å². The second-order valence-corrected chi connectivity index (χ2v) is 4.60. The number of ether oxygens (including phenoxy) is 1. The molecule has 2 aromatic carbocycles. The van der Waals surface area contributed by atoms with E-state index in [1.807, 2.05) is 18.2 Å². The molecule has 1 aliphatic rings. The lowest BCUT2D eigenvalue weighted by Crippen LogP contribution is -2.27. The van der Waals surface area contributed by atoms with E-state index in [2.05, 4.69) is 35.4 Å². The molecule has 0 bridgehead atoms. The third kappa shape index (κ3) is 1.72. The molecule has 1 heterocycles. The molecule has 1 atom stereocenters. The number of methoxy groups -OCH3 is 1. The zero-order valence-corrected chi connectivity index (χ0v) is 10.6. The number of benzene rings is 2. The Morgan fingerprint density at radius 3 is 2.61 bits per heavy atom. The van der Waals surface area contributed by atoms with Crippen LogP contribution in [0.3, 0.4) is 0 Å². The van der Waals surface area contributed by atoms with Gasteiger partial charge in [-0.25, -0.2) is 0 Å². The third-order valence-corrected chi connectivity index (χ3v) is 3.27. The first-order valence-electron chi connectivity index (χ1n) is 6.16. The number of aliphatic imine (C=N–C) groups is 1. The van der Waals surface area contributed by atoms with Gasteiger partial charge >= 0.3 is 0 Å². The number of fused-ring (bicyclic) bond motifs is 1. The van der Waals surface area contributed by atoms with Gasteiger partial charge in [0.25, 0.3) is 0 Å². The van der Waals surface area contributed by atoms with E-state index >= 15 is 0 Å². The standard InChI is InChI=1S/C15H16N2O/c1-10-9-16-15(17-10)13-7-8-14(18-2)12-6-4-3-5-11(12)13/h3-8,10H,9H2,1-2H3,(H,16,17). The van der Waals surface area contributed by atoms with Crippen LogP contribution in [-0.4, -0.2) is 25.5 Å². The quantitative estimate of drug-likeness (QED) is 0.875. The van der Waals surface area contributed by atoms with E-state index in [0.717, 1.165) is 29.1 Å². The van der Waals surface area contributed by atoms with Gasteiger partial charge in [-0.3, -0.25) is 4.99 Å². The summed E-state index contributed by atoms with van der Waals surface area (Å²) in [7, 11) is 1.70. The van der Waals surface area contributed by atoms with Crippen LogP contribution in [0.25, 0.3) is 10.8 Å². The summed E-state index contributed by atoms with van der Waals surface area (Å²) in [5, 5.41) is 5.71. The van der Waals surface area contributed by atoms with Crippen LogP contribution < -0.4 is 10.1 Å². The molecular formula is C15H16N2O. The third-order valence-electron chi connectivity index (χ3n) is 3.27. The summed E-state index contributed by atoms with van der Waals surface area (Å²) >= 11 is 0. The SMILES string of the molecule is COc1ccc(C2=NCC(C)N2)c2ccccc12. The Hall–Kier alpha value is -2.03. The topological polar surface area (TPSA) is 33.6 Å². The molecule has 92 valence electrons. The highest BCUT2D eigenvalue weighted by Crippen LogP contribution is 2.28. The largest absolute Gasteiger partial charge is 0.496 e. The van der Waals surface area contributed by atoms with Crippen molar-refractivity contribution >= 4 is 16.6 Å². The number of hydrogen-bond acceptors (Lipinski definition) is 3. The van der Waals surface area contributed by atoms with E-state index < -0.39 is 0 Å². The molecule has 0 aliphatic carbocycles. The first-order valence-corrected chi connectivity index (χ1v) is 6.16. The Balaban J connectivity index is 2.19. The van der Waals surface area contributed by atoms with Crippen LogP contribution in [0.5, 0.6) is 5.75 Å². The van der Waals surface area contributed by atoms with Gasteiger partial charge in [0.15, 0.2) is 0 Å². The molecule has 0 fully saturated rings. The minimum Gasteiger partial charge on any atom is -0.496 e. The Labute approximate surface area is 106 Å². The Bertz CT molecular complexity index is 619. The molecule has 0 saturated heterocycles. The maximum Gasteiger partial charge on any atom is 0.129 e. The maximum atomic E-state index is 5.41. The van der Waals surface area contributed by atoms with Gasteiger partial charge in [0.2, 0.25) is 0 Å². The van der Waals surface area contributed by atoms with E-state index in [0.29, 0.717) is 6.04 Å². The average Bonchev–Trinajstić information content (AvgIpc) is 2.84. The Morgan fingerprint density at radius 2 is 1.94 bits per heavy atom. The van der Waals surface area contributed by atoms with E-state index in [1.54, 1.807) is 7.11 Å². The summed E-state index contributed by atoms with van der Waals surface area (Å²) in [6.07, 6.45) is 0. The average molecular weight is 240 g/mol. The van der Waals surface area contributed by atoms with Crippen molar-refractivity contribution in [1.29, 1.82) is 0 Å². The van der Waals surface area contributed by atoms with Crippen LogP contribution in [0.4, 0.5) is 0 Å². The highest BCUT2D eigenvalue weighted by atomic mass is 16.5. The number of nitrogens with one attached hydrogen (secondary N) is 1. The lowest BCUT2D eigenvalue weighted by Gasteiger charge is -2.11. The van der Waals surface area contributed by atoms with Crippen molar-refractivity contribution in [1.82, 2.24) is 5.32 Å². The van der Waals surface area contributed by atoms with E-state index in [1.165, 1.54) is 5.39 Å². The Morgan fingerprint density at radius 1 is 1.17 bits per heavy atom. The normalized spacial score (nSPS) is 18.6. The van der Waals surface area contributed by atoms with Gasteiger partial charge in [0.05, 0.1) is 13.7 Å². The first kappa shape index (κ1) is 11.1. The van der Waals surface area contributed by atoms with Crippen molar-refractivity contribution in [3.05, 3.63) is 42.0 Å². The molecule has 1 N–H and O–H groups in total. The molecule has 0 amide bonds. The molecule has 0 spiro atoms. The second-order valence-electron chi connectivity index (χ2n) is 4.60. The van der Waals surface area contributed by atoms with Crippen molar-refractivity contribution in [2.45, 2.75) is 13.0 Å². The van der Waals surface area contributed by atoms with Gasteiger partial charge in [0, 0.05) is 17.0 Å². The molecule has 0 saturated carbocycles. The molecule has 3 heteroatoms. The van der Waals surface area contributed by atoms with Crippen LogP contribution in [0.15, 0.2) is 41.4 Å². The summed E-state index contributed by atoms with van der Waals surface area (Å²) < 4.78 is 5.41. The molecule has 0 aromatic heterocycles. The highest BCUT2D eigenvalue weighted by molar-refractivity contribution is 6.11. The van der Waals surface area contributed by atoms with Crippen LogP contribution in [0, 0.1) is 0 Å². The van der Waals surface area contributed by atoms with E-state index in [9.17, 15) is 0 Å². The van der Waals surface area contributed by atoms with Crippen molar-refractivity contribution in [3.8, 4) is 5.75 Å². The summed E-state index contributed by atoms with van der Waals surface area (Å²) in [5.74, 6) is 1.89. The lowest BCUT2D eigenvalue weighted by atomic mass is 10.0. The first-order chi connectivity index (χ1) is 8.79. The number of rotatable bonds is 2. The van der Waals surface area contributed by atoms with Crippen LogP contribution in [0.1, 0.15) is 12.5 Å². The highest BCUT2D eigenvalue weighted by Gasteiger charge is 2.17. The molecule has 2 aromatic rings. The minimum atomic E-state index is 0.417. The predicted octanol–water partition coefficient (Wildman–Crippen LogP) is 2.59. The molecule has 0 radical (unpaired) electrons. The fourth-order valence-electron chi connectivity index (χ4n) is 2.37. The van der Waals surface area contributed by atoms with Crippen molar-refractivity contribution in [2.24, 2.45) is 4.99 Å². The van der Waals surface area contributed by atoms with Gasteiger partial charge in [-0.15, -0.1) is 0 Å². The summed E-state index contributed by atoms with van der Waals surface area (Å²) in [4.78, 5) is 4.56. The van der Waals surface area contributed by atoms with Crippen molar-refractivity contribution < 1.29 is 4.74 Å². The predicted molar refractivity (Wildman–Crippen MR) is 74.5 cm³/mol. The number of hydrogen-bond donors (Lipinski definition) is 1.